The first-order chi connectivity index (χ1) is 8.72. The largest absolute Gasteiger partial charge is 0.493 e. The predicted molar refractivity (Wildman–Crippen MR) is 76.7 cm³/mol. The summed E-state index contributed by atoms with van der Waals surface area (Å²) in [7, 11) is 0. The number of alkyl halides is 1. The summed E-state index contributed by atoms with van der Waals surface area (Å²) in [6.45, 7) is 7.43. The number of rotatable bonds is 6. The van der Waals surface area contributed by atoms with Gasteiger partial charge < -0.3 is 9.64 Å². The molecule has 3 heteroatoms. The molecule has 0 saturated carbocycles. The zero-order valence-corrected chi connectivity index (χ0v) is 12.0. The maximum absolute atomic E-state index is 5.80. The van der Waals surface area contributed by atoms with Crippen molar-refractivity contribution in [3.63, 3.8) is 0 Å². The van der Waals surface area contributed by atoms with Crippen LogP contribution in [0, 0.1) is 0 Å². The van der Waals surface area contributed by atoms with Crippen molar-refractivity contribution in [2.45, 2.75) is 32.2 Å². The lowest BCUT2D eigenvalue weighted by Gasteiger charge is -2.28. The molecule has 0 bridgehead atoms. The van der Waals surface area contributed by atoms with E-state index in [4.69, 9.17) is 16.3 Å². The molecule has 1 aliphatic rings. The molecule has 1 aliphatic heterocycles. The number of ether oxygens (including phenoxy) is 1. The first kappa shape index (κ1) is 13.7. The second-order valence-electron chi connectivity index (χ2n) is 5.18. The average Bonchev–Trinajstić information content (AvgIpc) is 2.77. The van der Waals surface area contributed by atoms with Crippen LogP contribution in [0.5, 0.6) is 5.75 Å². The first-order valence-electron chi connectivity index (χ1n) is 6.74. The summed E-state index contributed by atoms with van der Waals surface area (Å²) in [6.07, 6.45) is 1.05. The number of halogens is 1. The van der Waals surface area contributed by atoms with Crippen LogP contribution in [0.25, 0.3) is 0 Å². The van der Waals surface area contributed by atoms with Crippen LogP contribution in [0.3, 0.4) is 0 Å². The monoisotopic (exact) mass is 267 g/mol. The Kier molecular flexibility index (Phi) is 4.90. The molecule has 1 unspecified atom stereocenters. The Bertz CT molecular complexity index is 381. The van der Waals surface area contributed by atoms with E-state index >= 15 is 0 Å². The lowest BCUT2D eigenvalue weighted by molar-refractivity contribution is 0.195. The second-order valence-corrected chi connectivity index (χ2v) is 5.55. The van der Waals surface area contributed by atoms with Gasteiger partial charge in [-0.15, -0.1) is 11.6 Å². The SMILES string of the molecule is CC(C)N(CCCCl)CC1COc2ccccc21. The van der Waals surface area contributed by atoms with Crippen molar-refractivity contribution in [3.8, 4) is 5.75 Å². The van der Waals surface area contributed by atoms with E-state index in [-0.39, 0.29) is 0 Å². The zero-order chi connectivity index (χ0) is 13.0. The topological polar surface area (TPSA) is 12.5 Å². The van der Waals surface area contributed by atoms with Gasteiger partial charge in [0.05, 0.1) is 6.61 Å². The lowest BCUT2D eigenvalue weighted by Crippen LogP contribution is -2.36. The quantitative estimate of drug-likeness (QED) is 0.732. The third-order valence-electron chi connectivity index (χ3n) is 3.56. The van der Waals surface area contributed by atoms with Crippen molar-refractivity contribution in [1.29, 1.82) is 0 Å². The average molecular weight is 268 g/mol. The van der Waals surface area contributed by atoms with Crippen LogP contribution in [-0.4, -0.2) is 36.5 Å². The van der Waals surface area contributed by atoms with Crippen molar-refractivity contribution in [2.75, 3.05) is 25.6 Å². The minimum absolute atomic E-state index is 0.499. The van der Waals surface area contributed by atoms with Crippen LogP contribution in [-0.2, 0) is 0 Å². The van der Waals surface area contributed by atoms with E-state index in [1.807, 2.05) is 6.07 Å². The highest BCUT2D eigenvalue weighted by Crippen LogP contribution is 2.34. The van der Waals surface area contributed by atoms with Gasteiger partial charge in [0, 0.05) is 29.9 Å². The van der Waals surface area contributed by atoms with Gasteiger partial charge in [0.15, 0.2) is 0 Å². The van der Waals surface area contributed by atoms with Crippen molar-refractivity contribution in [1.82, 2.24) is 4.90 Å². The van der Waals surface area contributed by atoms with Gasteiger partial charge in [-0.2, -0.15) is 0 Å². The maximum atomic E-state index is 5.80. The third kappa shape index (κ3) is 3.18. The molecule has 0 saturated heterocycles. The first-order valence-corrected chi connectivity index (χ1v) is 7.27. The van der Waals surface area contributed by atoms with Crippen LogP contribution < -0.4 is 4.74 Å². The van der Waals surface area contributed by atoms with Crippen molar-refractivity contribution in [2.24, 2.45) is 0 Å². The summed E-state index contributed by atoms with van der Waals surface area (Å²) in [5.41, 5.74) is 1.36. The van der Waals surface area contributed by atoms with E-state index < -0.39 is 0 Å². The van der Waals surface area contributed by atoms with Crippen molar-refractivity contribution < 1.29 is 4.74 Å². The highest BCUT2D eigenvalue weighted by molar-refractivity contribution is 6.17. The molecule has 2 nitrogen and oxygen atoms in total. The summed E-state index contributed by atoms with van der Waals surface area (Å²) in [6, 6.07) is 8.94. The molecule has 0 N–H and O–H groups in total. The van der Waals surface area contributed by atoms with Crippen LogP contribution in [0.15, 0.2) is 24.3 Å². The predicted octanol–water partition coefficient (Wildman–Crippen LogP) is 3.50. The number of hydrogen-bond donors (Lipinski definition) is 0. The van der Waals surface area contributed by atoms with E-state index in [2.05, 4.69) is 36.9 Å². The number of fused-ring (bicyclic) bond motifs is 1. The highest BCUT2D eigenvalue weighted by atomic mass is 35.5. The molecule has 1 aromatic carbocycles. The summed E-state index contributed by atoms with van der Waals surface area (Å²) < 4.78 is 5.74. The van der Waals surface area contributed by atoms with Crippen LogP contribution in [0.4, 0.5) is 0 Å². The van der Waals surface area contributed by atoms with E-state index in [1.165, 1.54) is 5.56 Å². The lowest BCUT2D eigenvalue weighted by atomic mass is 10.00. The smallest absolute Gasteiger partial charge is 0.122 e. The van der Waals surface area contributed by atoms with Gasteiger partial charge in [-0.3, -0.25) is 0 Å². The molecule has 0 fully saturated rings. The molecule has 0 aliphatic carbocycles. The molecule has 100 valence electrons. The number of para-hydroxylation sites is 1. The Morgan fingerprint density at radius 3 is 2.89 bits per heavy atom. The van der Waals surface area contributed by atoms with Gasteiger partial charge in [-0.25, -0.2) is 0 Å². The van der Waals surface area contributed by atoms with E-state index in [1.54, 1.807) is 0 Å². The fraction of sp³-hybridized carbons (Fsp3) is 0.600. The zero-order valence-electron chi connectivity index (χ0n) is 11.2. The summed E-state index contributed by atoms with van der Waals surface area (Å²) in [4.78, 5) is 2.50. The minimum atomic E-state index is 0.499. The minimum Gasteiger partial charge on any atom is -0.493 e. The third-order valence-corrected chi connectivity index (χ3v) is 3.83. The molecule has 1 heterocycles. The van der Waals surface area contributed by atoms with Gasteiger partial charge in [0.1, 0.15) is 5.75 Å². The van der Waals surface area contributed by atoms with Gasteiger partial charge in [-0.05, 0) is 32.9 Å². The van der Waals surface area contributed by atoms with Gasteiger partial charge >= 0.3 is 0 Å². The molecule has 0 spiro atoms. The molecule has 1 atom stereocenters. The van der Waals surface area contributed by atoms with Gasteiger partial charge in [0.25, 0.3) is 0 Å². The second kappa shape index (κ2) is 6.44. The van der Waals surface area contributed by atoms with Gasteiger partial charge in [-0.1, -0.05) is 18.2 Å². The number of benzene rings is 1. The normalized spacial score (nSPS) is 18.2. The fourth-order valence-electron chi connectivity index (χ4n) is 2.49. The van der Waals surface area contributed by atoms with E-state index in [9.17, 15) is 0 Å². The molecule has 18 heavy (non-hydrogen) atoms. The summed E-state index contributed by atoms with van der Waals surface area (Å²) >= 11 is 5.80. The molecule has 0 aromatic heterocycles. The highest BCUT2D eigenvalue weighted by Gasteiger charge is 2.26. The Morgan fingerprint density at radius 2 is 2.17 bits per heavy atom. The van der Waals surface area contributed by atoms with Crippen molar-refractivity contribution >= 4 is 11.6 Å². The molecule has 1 aromatic rings. The van der Waals surface area contributed by atoms with E-state index in [0.717, 1.165) is 37.7 Å². The number of nitrogens with zero attached hydrogens (tertiary/aromatic N) is 1. The molecule has 2 rings (SSSR count). The fourth-order valence-corrected chi connectivity index (χ4v) is 2.61. The summed E-state index contributed by atoms with van der Waals surface area (Å²) in [5.74, 6) is 2.29. The van der Waals surface area contributed by atoms with Crippen LogP contribution >= 0.6 is 11.6 Å². The van der Waals surface area contributed by atoms with Crippen LogP contribution in [0.2, 0.25) is 0 Å². The number of hydrogen-bond acceptors (Lipinski definition) is 2. The molecule has 0 amide bonds. The Balaban J connectivity index is 2.00. The molecule has 0 radical (unpaired) electrons. The Labute approximate surface area is 115 Å². The van der Waals surface area contributed by atoms with Gasteiger partial charge in [0.2, 0.25) is 0 Å². The van der Waals surface area contributed by atoms with E-state index in [0.29, 0.717) is 12.0 Å². The maximum Gasteiger partial charge on any atom is 0.122 e. The Hall–Kier alpha value is -0.730. The standard InChI is InChI=1S/C15H22ClNO/c1-12(2)17(9-5-8-16)10-13-11-18-15-7-4-3-6-14(13)15/h3-4,6-7,12-13H,5,8-11H2,1-2H3. The Morgan fingerprint density at radius 1 is 1.39 bits per heavy atom. The van der Waals surface area contributed by atoms with Crippen LogP contribution in [0.1, 0.15) is 31.7 Å². The molecular weight excluding hydrogens is 246 g/mol. The summed E-state index contributed by atoms with van der Waals surface area (Å²) in [5, 5.41) is 0. The van der Waals surface area contributed by atoms with Crippen molar-refractivity contribution in [3.05, 3.63) is 29.8 Å². The molecular formula is C15H22ClNO.